The average Bonchev–Trinajstić information content (AvgIpc) is 3.12. The van der Waals surface area contributed by atoms with Crippen LogP contribution in [0.4, 0.5) is 0 Å². The Morgan fingerprint density at radius 2 is 1.77 bits per heavy atom. The van der Waals surface area contributed by atoms with Crippen molar-refractivity contribution in [2.45, 2.75) is 0 Å². The molecule has 1 N–H and O–H groups in total. The van der Waals surface area contributed by atoms with E-state index in [0.29, 0.717) is 34.0 Å². The zero-order valence-electron chi connectivity index (χ0n) is 13.7. The molecule has 0 saturated heterocycles. The van der Waals surface area contributed by atoms with Gasteiger partial charge in [-0.05, 0) is 42.5 Å². The van der Waals surface area contributed by atoms with Gasteiger partial charge in [-0.1, -0.05) is 34.8 Å². The standard InChI is InChI=1S/C19H15Cl3N2O2/c20-14-1-4-16(5-2-14)25-9-10-26-19(12-24-8-7-23-13-24)17-6-3-15(21)11-18(17)22/h1-8,11-13H,9-10H2/p+1/b19-12+. The molecule has 1 aromatic heterocycles. The smallest absolute Gasteiger partial charge is 0.246 e. The van der Waals surface area contributed by atoms with Gasteiger partial charge in [0.15, 0.2) is 5.76 Å². The second-order valence-corrected chi connectivity index (χ2v) is 6.61. The maximum atomic E-state index is 6.32. The van der Waals surface area contributed by atoms with Crippen molar-refractivity contribution in [1.82, 2.24) is 4.98 Å². The highest BCUT2D eigenvalue weighted by molar-refractivity contribution is 6.35. The molecule has 134 valence electrons. The molecule has 0 spiro atoms. The number of benzene rings is 2. The lowest BCUT2D eigenvalue weighted by Gasteiger charge is -2.12. The van der Waals surface area contributed by atoms with Crippen molar-refractivity contribution in [2.75, 3.05) is 13.2 Å². The Bertz CT molecular complexity index is 878. The normalized spacial score (nSPS) is 11.4. The van der Waals surface area contributed by atoms with E-state index >= 15 is 0 Å². The van der Waals surface area contributed by atoms with Crippen molar-refractivity contribution in [2.24, 2.45) is 0 Å². The second-order valence-electron chi connectivity index (χ2n) is 5.33. The van der Waals surface area contributed by atoms with E-state index in [0.717, 1.165) is 11.3 Å². The van der Waals surface area contributed by atoms with Crippen LogP contribution < -0.4 is 9.30 Å². The van der Waals surface area contributed by atoms with Crippen LogP contribution in [0.15, 0.2) is 61.2 Å². The highest BCUT2D eigenvalue weighted by Gasteiger charge is 2.11. The van der Waals surface area contributed by atoms with Crippen molar-refractivity contribution >= 4 is 46.8 Å². The van der Waals surface area contributed by atoms with Crippen LogP contribution in [0.2, 0.25) is 15.1 Å². The Hall–Kier alpha value is -2.14. The van der Waals surface area contributed by atoms with Gasteiger partial charge in [-0.25, -0.2) is 9.55 Å². The van der Waals surface area contributed by atoms with E-state index in [9.17, 15) is 0 Å². The van der Waals surface area contributed by atoms with Gasteiger partial charge in [0.05, 0.1) is 5.02 Å². The van der Waals surface area contributed by atoms with Crippen LogP contribution in [0.25, 0.3) is 12.0 Å². The molecular formula is C19H16Cl3N2O2+. The maximum Gasteiger partial charge on any atom is 0.246 e. The number of halogens is 3. The molecule has 1 heterocycles. The summed E-state index contributed by atoms with van der Waals surface area (Å²) in [6, 6.07) is 12.4. The van der Waals surface area contributed by atoms with E-state index in [-0.39, 0.29) is 0 Å². The van der Waals surface area contributed by atoms with Gasteiger partial charge >= 0.3 is 0 Å². The van der Waals surface area contributed by atoms with Crippen LogP contribution in [0.5, 0.6) is 5.75 Å². The van der Waals surface area contributed by atoms with E-state index in [1.165, 1.54) is 0 Å². The predicted molar refractivity (Wildman–Crippen MR) is 105 cm³/mol. The maximum absolute atomic E-state index is 6.32. The molecule has 0 saturated carbocycles. The Balaban J connectivity index is 1.69. The highest BCUT2D eigenvalue weighted by atomic mass is 35.5. The lowest BCUT2D eigenvalue weighted by Crippen LogP contribution is -2.22. The third-order valence-corrected chi connectivity index (χ3v) is 4.25. The Morgan fingerprint density at radius 1 is 1.00 bits per heavy atom. The second kappa shape index (κ2) is 8.99. The van der Waals surface area contributed by atoms with E-state index in [4.69, 9.17) is 44.3 Å². The fraction of sp³-hybridized carbons (Fsp3) is 0.105. The molecule has 0 aliphatic carbocycles. The van der Waals surface area contributed by atoms with Crippen molar-refractivity contribution in [3.8, 4) is 5.75 Å². The molecule has 0 unspecified atom stereocenters. The molecule has 0 bridgehead atoms. The van der Waals surface area contributed by atoms with E-state index < -0.39 is 0 Å². The molecule has 4 nitrogen and oxygen atoms in total. The van der Waals surface area contributed by atoms with Gasteiger partial charge in [0.25, 0.3) is 0 Å². The van der Waals surface area contributed by atoms with Crippen molar-refractivity contribution in [3.05, 3.63) is 81.8 Å². The number of nitrogens with one attached hydrogen (secondary N) is 1. The minimum atomic E-state index is 0.346. The number of imidazole rings is 1. The monoisotopic (exact) mass is 409 g/mol. The molecule has 0 aliphatic rings. The summed E-state index contributed by atoms with van der Waals surface area (Å²) in [5.41, 5.74) is 0.747. The Labute approximate surface area is 166 Å². The van der Waals surface area contributed by atoms with Crippen LogP contribution in [0, 0.1) is 0 Å². The minimum absolute atomic E-state index is 0.346. The van der Waals surface area contributed by atoms with Crippen LogP contribution in [0.3, 0.4) is 0 Å². The molecule has 3 rings (SSSR count). The van der Waals surface area contributed by atoms with Gasteiger partial charge in [-0.3, -0.25) is 0 Å². The molecule has 0 atom stereocenters. The van der Waals surface area contributed by atoms with E-state index in [1.54, 1.807) is 36.8 Å². The predicted octanol–water partition coefficient (Wildman–Crippen LogP) is 5.31. The fourth-order valence-corrected chi connectivity index (χ4v) is 2.86. The van der Waals surface area contributed by atoms with Gasteiger partial charge in [0.1, 0.15) is 37.6 Å². The highest BCUT2D eigenvalue weighted by Crippen LogP contribution is 2.27. The summed E-state index contributed by atoms with van der Waals surface area (Å²) >= 11 is 18.2. The number of aromatic amines is 1. The van der Waals surface area contributed by atoms with Crippen LogP contribution >= 0.6 is 34.8 Å². The number of nitrogens with zero attached hydrogens (tertiary/aromatic N) is 1. The van der Waals surface area contributed by atoms with Crippen molar-refractivity contribution in [1.29, 1.82) is 0 Å². The average molecular weight is 411 g/mol. The zero-order chi connectivity index (χ0) is 18.4. The summed E-state index contributed by atoms with van der Waals surface area (Å²) in [6.07, 6.45) is 7.28. The number of rotatable bonds is 7. The zero-order valence-corrected chi connectivity index (χ0v) is 15.9. The van der Waals surface area contributed by atoms with Gasteiger partial charge in [0.2, 0.25) is 6.33 Å². The van der Waals surface area contributed by atoms with Crippen molar-refractivity contribution in [3.63, 3.8) is 0 Å². The molecule has 26 heavy (non-hydrogen) atoms. The lowest BCUT2D eigenvalue weighted by molar-refractivity contribution is -0.566. The Kier molecular flexibility index (Phi) is 6.45. The molecule has 2 aromatic carbocycles. The van der Waals surface area contributed by atoms with Crippen molar-refractivity contribution < 1.29 is 14.0 Å². The molecule has 0 fully saturated rings. The molecular weight excluding hydrogens is 395 g/mol. The summed E-state index contributed by atoms with van der Waals surface area (Å²) in [5.74, 6) is 1.34. The van der Waals surface area contributed by atoms with Gasteiger partial charge in [0, 0.05) is 15.6 Å². The third kappa shape index (κ3) is 5.18. The molecule has 7 heteroatoms. The topological polar surface area (TPSA) is 38.1 Å². The number of H-pyrrole nitrogens is 1. The minimum Gasteiger partial charge on any atom is -0.490 e. The first-order valence-corrected chi connectivity index (χ1v) is 8.97. The summed E-state index contributed by atoms with van der Waals surface area (Å²) in [4.78, 5) is 2.98. The van der Waals surface area contributed by atoms with Crippen LogP contribution in [0.1, 0.15) is 5.56 Å². The number of aromatic nitrogens is 2. The summed E-state index contributed by atoms with van der Waals surface area (Å²) in [5, 5.41) is 1.75. The largest absolute Gasteiger partial charge is 0.490 e. The fourth-order valence-electron chi connectivity index (χ4n) is 2.23. The molecule has 0 amide bonds. The van der Waals surface area contributed by atoms with Gasteiger partial charge in [-0.2, -0.15) is 0 Å². The lowest BCUT2D eigenvalue weighted by atomic mass is 10.2. The first-order valence-electron chi connectivity index (χ1n) is 7.84. The SMILES string of the molecule is Clc1ccc(OCCO/C(=C/[n+]2cc[nH]c2)c2ccc(Cl)cc2Cl)cc1. The van der Waals surface area contributed by atoms with Crippen LogP contribution in [-0.2, 0) is 4.74 Å². The van der Waals surface area contributed by atoms with Gasteiger partial charge in [-0.15, -0.1) is 0 Å². The Morgan fingerprint density at radius 3 is 2.46 bits per heavy atom. The van der Waals surface area contributed by atoms with E-state index in [2.05, 4.69) is 4.98 Å². The quantitative estimate of drug-likeness (QED) is 0.325. The number of hydrogen-bond donors (Lipinski definition) is 1. The summed E-state index contributed by atoms with van der Waals surface area (Å²) in [7, 11) is 0. The molecule has 3 aromatic rings. The van der Waals surface area contributed by atoms with Gasteiger partial charge < -0.3 is 9.47 Å². The summed E-state index contributed by atoms with van der Waals surface area (Å²) < 4.78 is 13.4. The molecule has 0 aliphatic heterocycles. The first-order chi connectivity index (χ1) is 12.6. The summed E-state index contributed by atoms with van der Waals surface area (Å²) in [6.45, 7) is 0.723. The van der Waals surface area contributed by atoms with E-state index in [1.807, 2.05) is 35.2 Å². The van der Waals surface area contributed by atoms with Crippen LogP contribution in [-0.4, -0.2) is 18.2 Å². The molecule has 0 radical (unpaired) electrons. The third-order valence-electron chi connectivity index (χ3n) is 3.45. The first kappa shape index (κ1) is 18.6. The number of ether oxygens (including phenoxy) is 2. The number of hydrogen-bond acceptors (Lipinski definition) is 2.